The smallest absolute Gasteiger partial charge is 0.264 e. The first-order valence-electron chi connectivity index (χ1n) is 9.93. The Bertz CT molecular complexity index is 1390. The van der Waals surface area contributed by atoms with Crippen LogP contribution in [0.5, 0.6) is 0 Å². The molecule has 0 unspecified atom stereocenters. The highest BCUT2D eigenvalue weighted by Gasteiger charge is 2.24. The van der Waals surface area contributed by atoms with Crippen LogP contribution in [-0.2, 0) is 11.3 Å². The Balaban J connectivity index is 1.48. The Labute approximate surface area is 193 Å². The van der Waals surface area contributed by atoms with E-state index in [4.69, 9.17) is 11.6 Å². The Morgan fingerprint density at radius 3 is 2.59 bits per heavy atom. The molecule has 0 saturated carbocycles. The molecule has 5 rings (SSSR count). The van der Waals surface area contributed by atoms with Crippen LogP contribution in [0, 0.1) is 5.82 Å². The average molecular weight is 462 g/mol. The Kier molecular flexibility index (Phi) is 5.55. The number of nitrogens with one attached hydrogen (secondary N) is 1. The SMILES string of the molecule is O=C1NC(=Nc2ccc(F)cc2)S/C1=C/c1cn(Cc2ccccc2Cl)c2ccccc12. The van der Waals surface area contributed by atoms with Crippen molar-refractivity contribution in [3.8, 4) is 0 Å². The second kappa shape index (κ2) is 8.65. The summed E-state index contributed by atoms with van der Waals surface area (Å²) in [5.74, 6) is -0.537. The quantitative estimate of drug-likeness (QED) is 0.359. The molecule has 0 bridgehead atoms. The summed E-state index contributed by atoms with van der Waals surface area (Å²) in [6.07, 6.45) is 3.91. The molecule has 1 amide bonds. The van der Waals surface area contributed by atoms with Gasteiger partial charge in [0.05, 0.1) is 10.6 Å². The molecule has 1 saturated heterocycles. The summed E-state index contributed by atoms with van der Waals surface area (Å²) in [7, 11) is 0. The molecule has 4 nitrogen and oxygen atoms in total. The molecule has 1 N–H and O–H groups in total. The summed E-state index contributed by atoms with van der Waals surface area (Å²) in [5, 5.41) is 5.01. The van der Waals surface area contributed by atoms with E-state index in [1.165, 1.54) is 23.9 Å². The van der Waals surface area contributed by atoms with Gasteiger partial charge >= 0.3 is 0 Å². The van der Waals surface area contributed by atoms with Gasteiger partial charge in [0.15, 0.2) is 5.17 Å². The summed E-state index contributed by atoms with van der Waals surface area (Å²) >= 11 is 7.63. The van der Waals surface area contributed by atoms with E-state index in [1.54, 1.807) is 12.1 Å². The highest BCUT2D eigenvalue weighted by molar-refractivity contribution is 8.18. The van der Waals surface area contributed by atoms with E-state index in [2.05, 4.69) is 20.9 Å². The Hall–Kier alpha value is -3.35. The number of fused-ring (bicyclic) bond motifs is 1. The number of thioether (sulfide) groups is 1. The zero-order valence-electron chi connectivity index (χ0n) is 16.8. The van der Waals surface area contributed by atoms with E-state index in [1.807, 2.05) is 54.7 Å². The van der Waals surface area contributed by atoms with Crippen molar-refractivity contribution in [3.05, 3.63) is 106 Å². The topological polar surface area (TPSA) is 46.4 Å². The predicted molar refractivity (Wildman–Crippen MR) is 130 cm³/mol. The van der Waals surface area contributed by atoms with Crippen LogP contribution < -0.4 is 5.32 Å². The molecule has 2 heterocycles. The van der Waals surface area contributed by atoms with Crippen molar-refractivity contribution in [2.45, 2.75) is 6.54 Å². The molecule has 7 heteroatoms. The van der Waals surface area contributed by atoms with Gasteiger partial charge in [0, 0.05) is 34.2 Å². The molecule has 0 radical (unpaired) electrons. The van der Waals surface area contributed by atoms with E-state index in [0.717, 1.165) is 27.1 Å². The standard InChI is InChI=1S/C25H17ClFN3OS/c26-21-7-3-1-5-16(21)14-30-15-17(20-6-2-4-8-22(20)30)13-23-24(31)29-25(32-23)28-19-11-9-18(27)10-12-19/h1-13,15H,14H2,(H,28,29,31)/b23-13+. The van der Waals surface area contributed by atoms with Gasteiger partial charge in [-0.2, -0.15) is 0 Å². The molecular weight excluding hydrogens is 445 g/mol. The lowest BCUT2D eigenvalue weighted by molar-refractivity contribution is -0.115. The van der Waals surface area contributed by atoms with Crippen molar-refractivity contribution in [1.82, 2.24) is 9.88 Å². The zero-order valence-corrected chi connectivity index (χ0v) is 18.3. The fourth-order valence-electron chi connectivity index (χ4n) is 3.59. The highest BCUT2D eigenvalue weighted by Crippen LogP contribution is 2.31. The van der Waals surface area contributed by atoms with Crippen LogP contribution in [0.2, 0.25) is 5.02 Å². The number of carbonyl (C=O) groups excluding carboxylic acids is 1. The van der Waals surface area contributed by atoms with Crippen LogP contribution in [0.3, 0.4) is 0 Å². The van der Waals surface area contributed by atoms with Gasteiger partial charge in [-0.3, -0.25) is 4.79 Å². The number of hydrogen-bond donors (Lipinski definition) is 1. The monoisotopic (exact) mass is 461 g/mol. The van der Waals surface area contributed by atoms with Gasteiger partial charge in [-0.25, -0.2) is 9.38 Å². The maximum atomic E-state index is 13.1. The van der Waals surface area contributed by atoms with Crippen molar-refractivity contribution in [2.75, 3.05) is 0 Å². The van der Waals surface area contributed by atoms with Crippen molar-refractivity contribution >= 4 is 57.1 Å². The van der Waals surface area contributed by atoms with E-state index in [-0.39, 0.29) is 11.7 Å². The first-order valence-corrected chi connectivity index (χ1v) is 11.1. The number of benzene rings is 3. The average Bonchev–Trinajstić information content (AvgIpc) is 3.31. The van der Waals surface area contributed by atoms with Crippen molar-refractivity contribution < 1.29 is 9.18 Å². The minimum atomic E-state index is -0.328. The van der Waals surface area contributed by atoms with Gasteiger partial charge < -0.3 is 9.88 Å². The zero-order chi connectivity index (χ0) is 22.1. The maximum absolute atomic E-state index is 13.1. The first-order chi connectivity index (χ1) is 15.6. The van der Waals surface area contributed by atoms with E-state index in [9.17, 15) is 9.18 Å². The van der Waals surface area contributed by atoms with Crippen LogP contribution in [0.4, 0.5) is 10.1 Å². The summed E-state index contributed by atoms with van der Waals surface area (Å²) in [6, 6.07) is 21.6. The molecule has 1 aliphatic heterocycles. The molecule has 32 heavy (non-hydrogen) atoms. The van der Waals surface area contributed by atoms with E-state index in [0.29, 0.717) is 22.3 Å². The number of aromatic nitrogens is 1. The maximum Gasteiger partial charge on any atom is 0.264 e. The fourth-order valence-corrected chi connectivity index (χ4v) is 4.61. The Morgan fingerprint density at radius 1 is 1.03 bits per heavy atom. The van der Waals surface area contributed by atoms with Gasteiger partial charge in [0.1, 0.15) is 5.82 Å². The lowest BCUT2D eigenvalue weighted by atomic mass is 10.1. The van der Waals surface area contributed by atoms with Gasteiger partial charge in [-0.1, -0.05) is 48.0 Å². The molecule has 0 aliphatic carbocycles. The van der Waals surface area contributed by atoms with Crippen LogP contribution in [0.25, 0.3) is 17.0 Å². The van der Waals surface area contributed by atoms with Crippen LogP contribution in [-0.4, -0.2) is 15.6 Å². The summed E-state index contributed by atoms with van der Waals surface area (Å²) in [6.45, 7) is 0.625. The molecule has 0 atom stereocenters. The van der Waals surface area contributed by atoms with Crippen LogP contribution in [0.15, 0.2) is 88.9 Å². The molecule has 4 aromatic rings. The largest absolute Gasteiger partial charge is 0.342 e. The third-order valence-electron chi connectivity index (χ3n) is 5.11. The normalized spacial score (nSPS) is 16.2. The first kappa shape index (κ1) is 20.5. The molecule has 1 aliphatic rings. The van der Waals surface area contributed by atoms with Gasteiger partial charge in [-0.05, 0) is 59.8 Å². The highest BCUT2D eigenvalue weighted by atomic mass is 35.5. The number of amides is 1. The number of hydrogen-bond acceptors (Lipinski definition) is 3. The Morgan fingerprint density at radius 2 is 1.78 bits per heavy atom. The fraction of sp³-hybridized carbons (Fsp3) is 0.0400. The van der Waals surface area contributed by atoms with Gasteiger partial charge in [0.2, 0.25) is 0 Å². The number of aliphatic imine (C=N–C) groups is 1. The molecule has 1 fully saturated rings. The third kappa shape index (κ3) is 4.20. The number of halogens is 2. The van der Waals surface area contributed by atoms with Gasteiger partial charge in [0.25, 0.3) is 5.91 Å². The van der Waals surface area contributed by atoms with Gasteiger partial charge in [-0.15, -0.1) is 0 Å². The van der Waals surface area contributed by atoms with Crippen molar-refractivity contribution in [2.24, 2.45) is 4.99 Å². The molecular formula is C25H17ClFN3OS. The molecule has 158 valence electrons. The van der Waals surface area contributed by atoms with Crippen LogP contribution in [0.1, 0.15) is 11.1 Å². The summed E-state index contributed by atoms with van der Waals surface area (Å²) in [4.78, 5) is 17.5. The molecule has 0 spiro atoms. The number of rotatable bonds is 4. The predicted octanol–water partition coefficient (Wildman–Crippen LogP) is 6.37. The lowest BCUT2D eigenvalue weighted by Gasteiger charge is -2.07. The number of carbonyl (C=O) groups is 1. The second-order valence-corrected chi connectivity index (χ2v) is 8.72. The number of nitrogens with zero attached hydrogens (tertiary/aromatic N) is 2. The van der Waals surface area contributed by atoms with Crippen molar-refractivity contribution in [3.63, 3.8) is 0 Å². The summed E-state index contributed by atoms with van der Waals surface area (Å²) in [5.41, 5.74) is 3.60. The van der Waals surface area contributed by atoms with Crippen molar-refractivity contribution in [1.29, 1.82) is 0 Å². The van der Waals surface area contributed by atoms with E-state index >= 15 is 0 Å². The third-order valence-corrected chi connectivity index (χ3v) is 6.39. The minimum Gasteiger partial charge on any atom is -0.342 e. The minimum absolute atomic E-state index is 0.209. The second-order valence-electron chi connectivity index (χ2n) is 7.28. The molecule has 3 aromatic carbocycles. The lowest BCUT2D eigenvalue weighted by Crippen LogP contribution is -2.19. The number of amidine groups is 1. The molecule has 1 aromatic heterocycles. The number of para-hydroxylation sites is 1. The summed E-state index contributed by atoms with van der Waals surface area (Å²) < 4.78 is 15.2. The van der Waals surface area contributed by atoms with E-state index < -0.39 is 0 Å². The van der Waals surface area contributed by atoms with Crippen LogP contribution >= 0.6 is 23.4 Å².